The van der Waals surface area contributed by atoms with E-state index in [0.717, 1.165) is 16.5 Å². The molecule has 1 saturated heterocycles. The van der Waals surface area contributed by atoms with E-state index in [1.165, 1.54) is 11.8 Å². The predicted octanol–water partition coefficient (Wildman–Crippen LogP) is 0.0326. The van der Waals surface area contributed by atoms with Gasteiger partial charge in [0.15, 0.2) is 0 Å². The Hall–Kier alpha value is -3.05. The van der Waals surface area contributed by atoms with Crippen LogP contribution < -0.4 is 16.4 Å². The maximum absolute atomic E-state index is 13.1. The van der Waals surface area contributed by atoms with E-state index in [1.54, 1.807) is 6.20 Å². The maximum atomic E-state index is 13.1. The van der Waals surface area contributed by atoms with Crippen molar-refractivity contribution in [3.05, 3.63) is 36.0 Å². The number of para-hydroxylation sites is 1. The monoisotopic (exact) mass is 475 g/mol. The van der Waals surface area contributed by atoms with Crippen LogP contribution in [0.2, 0.25) is 0 Å². The first kappa shape index (κ1) is 24.6. The van der Waals surface area contributed by atoms with E-state index >= 15 is 0 Å². The van der Waals surface area contributed by atoms with Crippen molar-refractivity contribution >= 4 is 47.2 Å². The van der Waals surface area contributed by atoms with Gasteiger partial charge in [-0.1, -0.05) is 18.2 Å². The van der Waals surface area contributed by atoms with Crippen molar-refractivity contribution in [2.45, 2.75) is 50.4 Å². The van der Waals surface area contributed by atoms with Crippen molar-refractivity contribution in [2.24, 2.45) is 5.73 Å². The van der Waals surface area contributed by atoms with Crippen LogP contribution in [-0.2, 0) is 25.6 Å². The molecule has 6 N–H and O–H groups in total. The van der Waals surface area contributed by atoms with Gasteiger partial charge in [-0.3, -0.25) is 14.4 Å². The fourth-order valence-corrected chi connectivity index (χ4v) is 4.17. The number of carbonyl (C=O) groups is 4. The average Bonchev–Trinajstić information content (AvgIpc) is 3.45. The average molecular weight is 476 g/mol. The second-order valence-corrected chi connectivity index (χ2v) is 8.54. The van der Waals surface area contributed by atoms with E-state index in [-0.39, 0.29) is 12.2 Å². The number of carboxylic acids is 1. The van der Waals surface area contributed by atoms with Gasteiger partial charge in [0.25, 0.3) is 0 Å². The first-order valence-corrected chi connectivity index (χ1v) is 11.4. The summed E-state index contributed by atoms with van der Waals surface area (Å²) in [5.74, 6) is -2.53. The molecule has 2 aromatic rings. The van der Waals surface area contributed by atoms with Crippen LogP contribution in [0.5, 0.6) is 0 Å². The van der Waals surface area contributed by atoms with E-state index in [0.29, 0.717) is 19.4 Å². The minimum Gasteiger partial charge on any atom is -0.480 e. The Morgan fingerprint density at radius 3 is 2.67 bits per heavy atom. The van der Waals surface area contributed by atoms with Crippen LogP contribution in [0.1, 0.15) is 25.3 Å². The van der Waals surface area contributed by atoms with E-state index in [2.05, 4.69) is 28.2 Å². The highest BCUT2D eigenvalue weighted by atomic mass is 32.1. The normalized spacial score (nSPS) is 18.5. The Kier molecular flexibility index (Phi) is 7.98. The van der Waals surface area contributed by atoms with Gasteiger partial charge in [0.2, 0.25) is 17.7 Å². The van der Waals surface area contributed by atoms with E-state index in [9.17, 15) is 24.3 Å². The largest absolute Gasteiger partial charge is 0.480 e. The third kappa shape index (κ3) is 5.66. The second kappa shape index (κ2) is 10.7. The molecule has 0 bridgehead atoms. The molecule has 33 heavy (non-hydrogen) atoms. The third-order valence-electron chi connectivity index (χ3n) is 5.82. The molecule has 0 spiro atoms. The lowest BCUT2D eigenvalue weighted by Gasteiger charge is -2.27. The number of nitrogens with two attached hydrogens (primary N) is 1. The third-order valence-corrected chi connectivity index (χ3v) is 6.21. The number of aliphatic carboxylic acids is 1. The fraction of sp³-hybridized carbons (Fsp3) is 0.455. The van der Waals surface area contributed by atoms with Crippen LogP contribution in [0.3, 0.4) is 0 Å². The number of thiol groups is 1. The quantitative estimate of drug-likeness (QED) is 0.281. The minimum atomic E-state index is -1.07. The summed E-state index contributed by atoms with van der Waals surface area (Å²) in [6.07, 6.45) is 2.90. The molecule has 3 amide bonds. The molecule has 10 nitrogen and oxygen atoms in total. The summed E-state index contributed by atoms with van der Waals surface area (Å²) in [6, 6.07) is 3.82. The van der Waals surface area contributed by atoms with Gasteiger partial charge < -0.3 is 31.4 Å². The number of aromatic amines is 1. The van der Waals surface area contributed by atoms with E-state index < -0.39 is 47.9 Å². The number of H-pyrrole nitrogens is 1. The summed E-state index contributed by atoms with van der Waals surface area (Å²) in [7, 11) is 0. The summed E-state index contributed by atoms with van der Waals surface area (Å²) in [5.41, 5.74) is 7.47. The molecule has 0 radical (unpaired) electrons. The number of carbonyl (C=O) groups excluding carboxylic acids is 3. The molecule has 2 heterocycles. The number of rotatable bonds is 9. The van der Waals surface area contributed by atoms with Gasteiger partial charge in [0.05, 0.1) is 6.04 Å². The van der Waals surface area contributed by atoms with Crippen LogP contribution in [0.25, 0.3) is 10.9 Å². The SMILES string of the molecule is CC(NC(=O)C(Cc1c[nH]c2ccccc12)NC(=O)C(N)CS)C(=O)N1CCCC1C(=O)O. The van der Waals surface area contributed by atoms with Gasteiger partial charge >= 0.3 is 5.97 Å². The Morgan fingerprint density at radius 2 is 1.97 bits per heavy atom. The molecule has 4 atom stereocenters. The Morgan fingerprint density at radius 1 is 1.24 bits per heavy atom. The van der Waals surface area contributed by atoms with Crippen molar-refractivity contribution in [1.29, 1.82) is 0 Å². The molecule has 1 aromatic heterocycles. The Labute approximate surface area is 196 Å². The first-order chi connectivity index (χ1) is 15.7. The van der Waals surface area contributed by atoms with Crippen LogP contribution in [0, 0.1) is 0 Å². The number of nitrogens with one attached hydrogen (secondary N) is 3. The summed E-state index contributed by atoms with van der Waals surface area (Å²) in [4.78, 5) is 54.2. The second-order valence-electron chi connectivity index (χ2n) is 8.17. The molecular weight excluding hydrogens is 446 g/mol. The number of hydrogen-bond donors (Lipinski definition) is 6. The zero-order chi connectivity index (χ0) is 24.1. The number of nitrogens with zero attached hydrogens (tertiary/aromatic N) is 1. The summed E-state index contributed by atoms with van der Waals surface area (Å²) in [6.45, 7) is 1.82. The molecule has 11 heteroatoms. The standard InChI is InChI=1S/C22H29N5O5S/c1-12(21(30)27-8-4-7-18(27)22(31)32)25-20(29)17(26-19(28)15(23)11-33)9-13-10-24-16-6-3-2-5-14(13)16/h2-3,5-6,10,12,15,17-18,24,33H,4,7-9,11,23H2,1H3,(H,25,29)(H,26,28)(H,31,32). The van der Waals surface area contributed by atoms with Crippen LogP contribution in [0.4, 0.5) is 0 Å². The van der Waals surface area contributed by atoms with Gasteiger partial charge in [-0.05, 0) is 31.4 Å². The van der Waals surface area contributed by atoms with Gasteiger partial charge in [0.1, 0.15) is 18.1 Å². The smallest absolute Gasteiger partial charge is 0.326 e. The number of carboxylic acid groups (broad SMARTS) is 1. The highest BCUT2D eigenvalue weighted by Crippen LogP contribution is 2.20. The minimum absolute atomic E-state index is 0.105. The lowest BCUT2D eigenvalue weighted by molar-refractivity contribution is -0.149. The van der Waals surface area contributed by atoms with Crippen molar-refractivity contribution < 1.29 is 24.3 Å². The van der Waals surface area contributed by atoms with Crippen molar-refractivity contribution in [3.8, 4) is 0 Å². The fourth-order valence-electron chi connectivity index (χ4n) is 4.00. The maximum Gasteiger partial charge on any atom is 0.326 e. The van der Waals surface area contributed by atoms with Crippen LogP contribution in [-0.4, -0.2) is 75.1 Å². The number of hydrogen-bond acceptors (Lipinski definition) is 6. The summed E-state index contributed by atoms with van der Waals surface area (Å²) in [5, 5.41) is 15.5. The van der Waals surface area contributed by atoms with Crippen LogP contribution in [0.15, 0.2) is 30.5 Å². The lowest BCUT2D eigenvalue weighted by atomic mass is 10.0. The molecule has 1 fully saturated rings. The Balaban J connectivity index is 1.76. The number of likely N-dealkylation sites (tertiary alicyclic amines) is 1. The highest BCUT2D eigenvalue weighted by Gasteiger charge is 2.37. The van der Waals surface area contributed by atoms with E-state index in [1.807, 2.05) is 24.3 Å². The molecule has 3 rings (SSSR count). The van der Waals surface area contributed by atoms with E-state index in [4.69, 9.17) is 5.73 Å². The number of aromatic nitrogens is 1. The van der Waals surface area contributed by atoms with Crippen molar-refractivity contribution in [3.63, 3.8) is 0 Å². The Bertz CT molecular complexity index is 1040. The highest BCUT2D eigenvalue weighted by molar-refractivity contribution is 7.80. The summed E-state index contributed by atoms with van der Waals surface area (Å²) < 4.78 is 0. The number of fused-ring (bicyclic) bond motifs is 1. The molecule has 178 valence electrons. The summed E-state index contributed by atoms with van der Waals surface area (Å²) >= 11 is 4.03. The van der Waals surface area contributed by atoms with Gasteiger partial charge in [-0.15, -0.1) is 0 Å². The lowest BCUT2D eigenvalue weighted by Crippen LogP contribution is -2.57. The molecule has 0 saturated carbocycles. The van der Waals surface area contributed by atoms with Crippen molar-refractivity contribution in [1.82, 2.24) is 20.5 Å². The molecule has 1 aliphatic heterocycles. The van der Waals surface area contributed by atoms with Gasteiger partial charge in [-0.25, -0.2) is 4.79 Å². The number of benzene rings is 1. The number of amides is 3. The van der Waals surface area contributed by atoms with Gasteiger partial charge in [0, 0.05) is 35.8 Å². The molecule has 4 unspecified atom stereocenters. The topological polar surface area (TPSA) is 158 Å². The van der Waals surface area contributed by atoms with Gasteiger partial charge in [-0.2, -0.15) is 12.6 Å². The predicted molar refractivity (Wildman–Crippen MR) is 126 cm³/mol. The zero-order valence-electron chi connectivity index (χ0n) is 18.3. The zero-order valence-corrected chi connectivity index (χ0v) is 19.2. The molecule has 1 aromatic carbocycles. The first-order valence-electron chi connectivity index (χ1n) is 10.8. The molecule has 1 aliphatic rings. The van der Waals surface area contributed by atoms with Crippen LogP contribution >= 0.6 is 12.6 Å². The van der Waals surface area contributed by atoms with Crippen molar-refractivity contribution in [2.75, 3.05) is 12.3 Å². The molecular formula is C22H29N5O5S. The molecule has 0 aliphatic carbocycles.